The van der Waals surface area contributed by atoms with Crippen molar-refractivity contribution in [2.75, 3.05) is 13.2 Å². The van der Waals surface area contributed by atoms with E-state index < -0.39 is 5.95 Å². The topological polar surface area (TPSA) is 51.2 Å². The zero-order valence-electron chi connectivity index (χ0n) is 8.78. The summed E-state index contributed by atoms with van der Waals surface area (Å²) >= 11 is 0. The van der Waals surface area contributed by atoms with Crippen molar-refractivity contribution >= 4 is 5.91 Å². The number of nitrogens with one attached hydrogen (secondary N) is 1. The van der Waals surface area contributed by atoms with Crippen LogP contribution in [-0.4, -0.2) is 30.1 Å². The van der Waals surface area contributed by atoms with Crippen molar-refractivity contribution in [2.45, 2.75) is 18.9 Å². The number of carbonyl (C=O) groups excluding carboxylic acids is 1. The molecule has 1 aliphatic rings. The first kappa shape index (κ1) is 11.0. The van der Waals surface area contributed by atoms with Gasteiger partial charge >= 0.3 is 0 Å². The summed E-state index contributed by atoms with van der Waals surface area (Å²) in [6.07, 6.45) is 3.36. The summed E-state index contributed by atoms with van der Waals surface area (Å²) in [4.78, 5) is 15.0. The number of amides is 1. The number of nitrogens with zero attached hydrogens (tertiary/aromatic N) is 1. The maximum Gasteiger partial charge on any atom is 0.251 e. The number of hydrogen-bond donors (Lipinski definition) is 1. The maximum atomic E-state index is 12.8. The van der Waals surface area contributed by atoms with Gasteiger partial charge in [0.2, 0.25) is 5.95 Å². The van der Waals surface area contributed by atoms with Crippen LogP contribution in [0.3, 0.4) is 0 Å². The molecule has 5 heteroatoms. The normalized spacial score (nSPS) is 19.7. The lowest BCUT2D eigenvalue weighted by atomic mass is 10.2. The van der Waals surface area contributed by atoms with Crippen LogP contribution in [0.5, 0.6) is 0 Å². The Kier molecular flexibility index (Phi) is 3.46. The van der Waals surface area contributed by atoms with E-state index in [1.807, 2.05) is 0 Å². The van der Waals surface area contributed by atoms with E-state index in [0.717, 1.165) is 25.5 Å². The predicted molar refractivity (Wildman–Crippen MR) is 55.5 cm³/mol. The Morgan fingerprint density at radius 3 is 3.25 bits per heavy atom. The maximum absolute atomic E-state index is 12.8. The molecule has 1 fully saturated rings. The Hall–Kier alpha value is -1.49. The van der Waals surface area contributed by atoms with E-state index in [1.165, 1.54) is 12.3 Å². The lowest BCUT2D eigenvalue weighted by Gasteiger charge is -2.10. The molecule has 0 aromatic carbocycles. The van der Waals surface area contributed by atoms with Gasteiger partial charge in [-0.3, -0.25) is 4.79 Å². The third-order valence-corrected chi connectivity index (χ3v) is 2.50. The summed E-state index contributed by atoms with van der Waals surface area (Å²) in [5, 5.41) is 2.71. The smallest absolute Gasteiger partial charge is 0.251 e. The molecule has 16 heavy (non-hydrogen) atoms. The fraction of sp³-hybridized carbons (Fsp3) is 0.455. The van der Waals surface area contributed by atoms with Gasteiger partial charge in [-0.2, -0.15) is 4.39 Å². The average Bonchev–Trinajstić information content (AvgIpc) is 2.78. The van der Waals surface area contributed by atoms with Crippen molar-refractivity contribution in [1.82, 2.24) is 10.3 Å². The van der Waals surface area contributed by atoms with E-state index in [2.05, 4.69) is 10.3 Å². The van der Waals surface area contributed by atoms with Crippen LogP contribution < -0.4 is 5.32 Å². The first-order chi connectivity index (χ1) is 7.75. The van der Waals surface area contributed by atoms with E-state index in [-0.39, 0.29) is 17.6 Å². The molecule has 1 N–H and O–H groups in total. The Morgan fingerprint density at radius 2 is 2.56 bits per heavy atom. The predicted octanol–water partition coefficient (Wildman–Crippen LogP) is 1.13. The number of hydrogen-bond acceptors (Lipinski definition) is 3. The van der Waals surface area contributed by atoms with Gasteiger partial charge in [0, 0.05) is 31.0 Å². The van der Waals surface area contributed by atoms with Crippen molar-refractivity contribution in [3.05, 3.63) is 29.8 Å². The molecule has 1 unspecified atom stereocenters. The molecule has 86 valence electrons. The first-order valence-corrected chi connectivity index (χ1v) is 5.27. The van der Waals surface area contributed by atoms with Crippen molar-refractivity contribution in [2.24, 2.45) is 0 Å². The molecule has 2 rings (SSSR count). The number of ether oxygens (including phenoxy) is 1. The van der Waals surface area contributed by atoms with Crippen LogP contribution in [0.2, 0.25) is 0 Å². The van der Waals surface area contributed by atoms with E-state index in [0.29, 0.717) is 6.54 Å². The standard InChI is InChI=1S/C11H13FN2O2/c12-10-6-8(3-4-13-10)11(15)14-7-9-2-1-5-16-9/h3-4,6,9H,1-2,5,7H2,(H,14,15). The molecule has 1 aromatic heterocycles. The second kappa shape index (κ2) is 5.03. The van der Waals surface area contributed by atoms with Crippen LogP contribution in [0.25, 0.3) is 0 Å². The highest BCUT2D eigenvalue weighted by Gasteiger charge is 2.16. The largest absolute Gasteiger partial charge is 0.376 e. The number of aromatic nitrogens is 1. The van der Waals surface area contributed by atoms with Gasteiger partial charge in [-0.05, 0) is 18.9 Å². The number of halogens is 1. The molecule has 4 nitrogen and oxygen atoms in total. The van der Waals surface area contributed by atoms with Gasteiger partial charge in [0.05, 0.1) is 6.10 Å². The van der Waals surface area contributed by atoms with Gasteiger partial charge in [-0.15, -0.1) is 0 Å². The Bertz CT molecular complexity index is 378. The summed E-state index contributed by atoms with van der Waals surface area (Å²) in [6.45, 7) is 1.23. The molecule has 1 aliphatic heterocycles. The van der Waals surface area contributed by atoms with Gasteiger partial charge in [0.1, 0.15) is 0 Å². The fourth-order valence-corrected chi connectivity index (χ4v) is 1.66. The molecule has 0 aliphatic carbocycles. The first-order valence-electron chi connectivity index (χ1n) is 5.27. The van der Waals surface area contributed by atoms with Crippen molar-refractivity contribution in [3.63, 3.8) is 0 Å². The molecule has 0 spiro atoms. The molecule has 1 saturated heterocycles. The molecule has 2 heterocycles. The number of carbonyl (C=O) groups is 1. The summed E-state index contributed by atoms with van der Waals surface area (Å²) < 4.78 is 18.1. The summed E-state index contributed by atoms with van der Waals surface area (Å²) in [7, 11) is 0. The molecule has 1 aromatic rings. The third kappa shape index (κ3) is 2.76. The Morgan fingerprint density at radius 1 is 1.69 bits per heavy atom. The fourth-order valence-electron chi connectivity index (χ4n) is 1.66. The van der Waals surface area contributed by atoms with E-state index >= 15 is 0 Å². The summed E-state index contributed by atoms with van der Waals surface area (Å²) in [6, 6.07) is 2.60. The van der Waals surface area contributed by atoms with Crippen LogP contribution in [0.15, 0.2) is 18.3 Å². The summed E-state index contributed by atoms with van der Waals surface area (Å²) in [5.41, 5.74) is 0.283. The molecular formula is C11H13FN2O2. The van der Waals surface area contributed by atoms with Crippen LogP contribution in [-0.2, 0) is 4.74 Å². The van der Waals surface area contributed by atoms with Gasteiger partial charge < -0.3 is 10.1 Å². The zero-order chi connectivity index (χ0) is 11.4. The molecule has 0 bridgehead atoms. The van der Waals surface area contributed by atoms with Crippen molar-refractivity contribution in [3.8, 4) is 0 Å². The van der Waals surface area contributed by atoms with Crippen LogP contribution in [0.1, 0.15) is 23.2 Å². The highest BCUT2D eigenvalue weighted by atomic mass is 19.1. The average molecular weight is 224 g/mol. The lowest BCUT2D eigenvalue weighted by Crippen LogP contribution is -2.31. The van der Waals surface area contributed by atoms with E-state index in [9.17, 15) is 9.18 Å². The van der Waals surface area contributed by atoms with Gasteiger partial charge in [0.15, 0.2) is 0 Å². The van der Waals surface area contributed by atoms with E-state index in [1.54, 1.807) is 0 Å². The number of rotatable bonds is 3. The quantitative estimate of drug-likeness (QED) is 0.783. The van der Waals surface area contributed by atoms with Crippen molar-refractivity contribution < 1.29 is 13.9 Å². The van der Waals surface area contributed by atoms with Gasteiger partial charge in [0.25, 0.3) is 5.91 Å². The second-order valence-corrected chi connectivity index (χ2v) is 3.71. The Labute approximate surface area is 92.8 Å². The lowest BCUT2D eigenvalue weighted by molar-refractivity contribution is 0.0857. The molecule has 0 radical (unpaired) electrons. The minimum Gasteiger partial charge on any atom is -0.376 e. The van der Waals surface area contributed by atoms with Crippen LogP contribution in [0.4, 0.5) is 4.39 Å². The second-order valence-electron chi connectivity index (χ2n) is 3.71. The monoisotopic (exact) mass is 224 g/mol. The zero-order valence-corrected chi connectivity index (χ0v) is 8.78. The van der Waals surface area contributed by atoms with Crippen molar-refractivity contribution in [1.29, 1.82) is 0 Å². The summed E-state index contributed by atoms with van der Waals surface area (Å²) in [5.74, 6) is -0.943. The van der Waals surface area contributed by atoms with Gasteiger partial charge in [-0.1, -0.05) is 0 Å². The molecule has 1 amide bonds. The number of pyridine rings is 1. The third-order valence-electron chi connectivity index (χ3n) is 2.50. The Balaban J connectivity index is 1.87. The highest BCUT2D eigenvalue weighted by molar-refractivity contribution is 5.93. The van der Waals surface area contributed by atoms with E-state index in [4.69, 9.17) is 4.74 Å². The van der Waals surface area contributed by atoms with Crippen LogP contribution in [0, 0.1) is 5.95 Å². The molecule has 0 saturated carbocycles. The van der Waals surface area contributed by atoms with Crippen LogP contribution >= 0.6 is 0 Å². The van der Waals surface area contributed by atoms with Gasteiger partial charge in [-0.25, -0.2) is 4.98 Å². The molecule has 1 atom stereocenters. The SMILES string of the molecule is O=C(NCC1CCCO1)c1ccnc(F)c1. The molecular weight excluding hydrogens is 211 g/mol. The minimum absolute atomic E-state index is 0.0932. The minimum atomic E-state index is -0.648. The highest BCUT2D eigenvalue weighted by Crippen LogP contribution is 2.10.